The van der Waals surface area contributed by atoms with Crippen molar-refractivity contribution in [2.45, 2.75) is 39.3 Å². The quantitative estimate of drug-likeness (QED) is 0.785. The Morgan fingerprint density at radius 1 is 1.60 bits per heavy atom. The van der Waals surface area contributed by atoms with E-state index in [1.807, 2.05) is 11.8 Å². The molecule has 0 bridgehead atoms. The number of ether oxygens (including phenoxy) is 1. The van der Waals surface area contributed by atoms with E-state index in [2.05, 4.69) is 31.1 Å². The number of nitrogens with one attached hydrogen (secondary N) is 1. The lowest BCUT2D eigenvalue weighted by Crippen LogP contribution is -2.35. The van der Waals surface area contributed by atoms with Gasteiger partial charge >= 0.3 is 0 Å². The number of nitrogens with zero attached hydrogens (tertiary/aromatic N) is 1. The van der Waals surface area contributed by atoms with E-state index in [0.717, 1.165) is 23.9 Å². The number of rotatable bonds is 5. The van der Waals surface area contributed by atoms with Gasteiger partial charge < -0.3 is 10.1 Å². The Balaban J connectivity index is 2.41. The molecular formula is C11H22N2OS. The van der Waals surface area contributed by atoms with Gasteiger partial charge in [-0.1, -0.05) is 32.5 Å². The molecule has 0 saturated carbocycles. The Labute approximate surface area is 97.1 Å². The summed E-state index contributed by atoms with van der Waals surface area (Å²) in [6.45, 7) is 7.37. The summed E-state index contributed by atoms with van der Waals surface area (Å²) in [6.07, 6.45) is 1.07. The molecule has 2 atom stereocenters. The SMILES string of the molecule is CCC(COC)NC1=NC(C(C)C)CS1. The lowest BCUT2D eigenvalue weighted by molar-refractivity contribution is 0.172. The van der Waals surface area contributed by atoms with Gasteiger partial charge in [-0.3, -0.25) is 4.99 Å². The molecule has 0 amide bonds. The van der Waals surface area contributed by atoms with Gasteiger partial charge in [0, 0.05) is 12.9 Å². The third-order valence-corrected chi connectivity index (χ3v) is 3.64. The molecule has 0 aromatic carbocycles. The van der Waals surface area contributed by atoms with Crippen molar-refractivity contribution in [3.63, 3.8) is 0 Å². The summed E-state index contributed by atoms with van der Waals surface area (Å²) in [6, 6.07) is 0.879. The summed E-state index contributed by atoms with van der Waals surface area (Å²) in [5.41, 5.74) is 0. The zero-order valence-electron chi connectivity index (χ0n) is 10.1. The van der Waals surface area contributed by atoms with Crippen LogP contribution in [-0.2, 0) is 4.74 Å². The predicted molar refractivity (Wildman–Crippen MR) is 67.6 cm³/mol. The molecule has 0 radical (unpaired) electrons. The summed E-state index contributed by atoms with van der Waals surface area (Å²) in [5, 5.41) is 4.53. The Kier molecular flexibility index (Phi) is 5.47. The number of methoxy groups -OCH3 is 1. The fourth-order valence-corrected chi connectivity index (χ4v) is 2.70. The maximum atomic E-state index is 5.15. The first kappa shape index (κ1) is 12.8. The molecule has 1 N–H and O–H groups in total. The molecule has 3 nitrogen and oxygen atoms in total. The van der Waals surface area contributed by atoms with Crippen molar-refractivity contribution in [2.75, 3.05) is 19.5 Å². The Hall–Kier alpha value is -0.220. The number of thioether (sulfide) groups is 1. The van der Waals surface area contributed by atoms with Crippen LogP contribution in [0.4, 0.5) is 0 Å². The van der Waals surface area contributed by atoms with E-state index in [0.29, 0.717) is 18.0 Å². The van der Waals surface area contributed by atoms with Crippen LogP contribution in [0.3, 0.4) is 0 Å². The normalized spacial score (nSPS) is 23.0. The first-order valence-corrected chi connectivity index (χ1v) is 6.62. The zero-order valence-corrected chi connectivity index (χ0v) is 10.9. The number of hydrogen-bond donors (Lipinski definition) is 1. The average Bonchev–Trinajstić information content (AvgIpc) is 2.65. The first-order chi connectivity index (χ1) is 7.17. The molecule has 0 fully saturated rings. The van der Waals surface area contributed by atoms with Gasteiger partial charge in [0.05, 0.1) is 18.7 Å². The number of amidine groups is 1. The highest BCUT2D eigenvalue weighted by atomic mass is 32.2. The molecule has 2 unspecified atom stereocenters. The Bertz CT molecular complexity index is 219. The van der Waals surface area contributed by atoms with E-state index in [9.17, 15) is 0 Å². The van der Waals surface area contributed by atoms with Gasteiger partial charge in [-0.25, -0.2) is 0 Å². The van der Waals surface area contributed by atoms with Crippen molar-refractivity contribution < 1.29 is 4.74 Å². The third-order valence-electron chi connectivity index (χ3n) is 2.63. The molecule has 0 saturated heterocycles. The highest BCUT2D eigenvalue weighted by Crippen LogP contribution is 2.22. The standard InChI is InChI=1S/C11H22N2OS/c1-5-9(6-14-4)12-11-13-10(7-15-11)8(2)3/h8-10H,5-7H2,1-4H3,(H,12,13). The molecular weight excluding hydrogens is 208 g/mol. The number of hydrogen-bond acceptors (Lipinski definition) is 4. The van der Waals surface area contributed by atoms with E-state index in [1.54, 1.807) is 7.11 Å². The highest BCUT2D eigenvalue weighted by molar-refractivity contribution is 8.14. The molecule has 0 aliphatic carbocycles. The molecule has 88 valence electrons. The van der Waals surface area contributed by atoms with Crippen LogP contribution in [0.2, 0.25) is 0 Å². The minimum absolute atomic E-state index is 0.396. The van der Waals surface area contributed by atoms with Crippen LogP contribution >= 0.6 is 11.8 Å². The van der Waals surface area contributed by atoms with Crippen molar-refractivity contribution in [2.24, 2.45) is 10.9 Å². The maximum absolute atomic E-state index is 5.15. The van der Waals surface area contributed by atoms with Crippen molar-refractivity contribution in [1.82, 2.24) is 5.32 Å². The summed E-state index contributed by atoms with van der Waals surface area (Å²) < 4.78 is 5.15. The van der Waals surface area contributed by atoms with Gasteiger partial charge in [0.1, 0.15) is 0 Å². The summed E-state index contributed by atoms with van der Waals surface area (Å²) >= 11 is 1.83. The third kappa shape index (κ3) is 4.03. The second-order valence-corrected chi connectivity index (χ2v) is 5.27. The maximum Gasteiger partial charge on any atom is 0.157 e. The minimum atomic E-state index is 0.396. The molecule has 1 rings (SSSR count). The fraction of sp³-hybridized carbons (Fsp3) is 0.909. The van der Waals surface area contributed by atoms with E-state index >= 15 is 0 Å². The van der Waals surface area contributed by atoms with Gasteiger partial charge in [0.15, 0.2) is 5.17 Å². The Morgan fingerprint density at radius 3 is 2.80 bits per heavy atom. The second-order valence-electron chi connectivity index (χ2n) is 4.26. The van der Waals surface area contributed by atoms with Crippen molar-refractivity contribution >= 4 is 16.9 Å². The first-order valence-electron chi connectivity index (χ1n) is 5.63. The lowest BCUT2D eigenvalue weighted by Gasteiger charge is -2.16. The van der Waals surface area contributed by atoms with Gasteiger partial charge in [-0.05, 0) is 12.3 Å². The van der Waals surface area contributed by atoms with Crippen LogP contribution in [0.1, 0.15) is 27.2 Å². The zero-order chi connectivity index (χ0) is 11.3. The second kappa shape index (κ2) is 6.38. The largest absolute Gasteiger partial charge is 0.383 e. The molecule has 1 heterocycles. The van der Waals surface area contributed by atoms with Crippen molar-refractivity contribution in [3.8, 4) is 0 Å². The Morgan fingerprint density at radius 2 is 2.33 bits per heavy atom. The van der Waals surface area contributed by atoms with Gasteiger partial charge in [0.2, 0.25) is 0 Å². The molecule has 15 heavy (non-hydrogen) atoms. The van der Waals surface area contributed by atoms with Gasteiger partial charge in [-0.2, -0.15) is 0 Å². The summed E-state index contributed by atoms with van der Waals surface area (Å²) in [5.74, 6) is 1.75. The monoisotopic (exact) mass is 230 g/mol. The molecule has 1 aliphatic rings. The molecule has 4 heteroatoms. The average molecular weight is 230 g/mol. The van der Waals surface area contributed by atoms with E-state index in [1.165, 1.54) is 0 Å². The molecule has 1 aliphatic heterocycles. The molecule has 0 spiro atoms. The number of aliphatic imine (C=N–C) groups is 1. The fourth-order valence-electron chi connectivity index (χ4n) is 1.45. The van der Waals surface area contributed by atoms with Gasteiger partial charge in [0.25, 0.3) is 0 Å². The van der Waals surface area contributed by atoms with Crippen LogP contribution in [0, 0.1) is 5.92 Å². The predicted octanol–water partition coefficient (Wildman–Crippen LogP) is 2.13. The minimum Gasteiger partial charge on any atom is -0.383 e. The van der Waals surface area contributed by atoms with E-state index in [-0.39, 0.29) is 0 Å². The van der Waals surface area contributed by atoms with E-state index < -0.39 is 0 Å². The van der Waals surface area contributed by atoms with Crippen LogP contribution in [-0.4, -0.2) is 36.7 Å². The topological polar surface area (TPSA) is 33.6 Å². The van der Waals surface area contributed by atoms with Crippen molar-refractivity contribution in [1.29, 1.82) is 0 Å². The molecule has 0 aromatic rings. The van der Waals surface area contributed by atoms with Crippen LogP contribution < -0.4 is 5.32 Å². The van der Waals surface area contributed by atoms with Crippen LogP contribution in [0.15, 0.2) is 4.99 Å². The smallest absolute Gasteiger partial charge is 0.157 e. The van der Waals surface area contributed by atoms with Crippen LogP contribution in [0.5, 0.6) is 0 Å². The van der Waals surface area contributed by atoms with Crippen molar-refractivity contribution in [3.05, 3.63) is 0 Å². The molecule has 0 aromatic heterocycles. The summed E-state index contributed by atoms with van der Waals surface area (Å²) in [4.78, 5) is 4.67. The van der Waals surface area contributed by atoms with E-state index in [4.69, 9.17) is 4.74 Å². The van der Waals surface area contributed by atoms with Gasteiger partial charge in [-0.15, -0.1) is 0 Å². The highest BCUT2D eigenvalue weighted by Gasteiger charge is 2.22. The van der Waals surface area contributed by atoms with Crippen LogP contribution in [0.25, 0.3) is 0 Å². The summed E-state index contributed by atoms with van der Waals surface area (Å²) in [7, 11) is 1.74. The lowest BCUT2D eigenvalue weighted by atomic mass is 10.1.